The molecule has 0 unspecified atom stereocenters. The smallest absolute Gasteiger partial charge is 0.303 e. The minimum absolute atomic E-state index is 0.0734. The van der Waals surface area contributed by atoms with Crippen LogP contribution in [0.1, 0.15) is 42.5 Å². The van der Waals surface area contributed by atoms with Gasteiger partial charge in [-0.05, 0) is 55.7 Å². The number of benzene rings is 2. The van der Waals surface area contributed by atoms with Gasteiger partial charge in [-0.1, -0.05) is 17.7 Å². The second kappa shape index (κ2) is 10.6. The second-order valence-corrected chi connectivity index (χ2v) is 8.80. The number of piperidine rings is 1. The Morgan fingerprint density at radius 2 is 1.89 bits per heavy atom. The molecule has 0 bridgehead atoms. The molecule has 35 heavy (non-hydrogen) atoms. The molecular formula is C25H25ClN4O5. The Labute approximate surface area is 206 Å². The summed E-state index contributed by atoms with van der Waals surface area (Å²) in [5.74, 6) is -2.05. The number of nitrogens with zero attached hydrogens (tertiary/aromatic N) is 1. The molecular weight excluding hydrogens is 472 g/mol. The summed E-state index contributed by atoms with van der Waals surface area (Å²) < 4.78 is 0. The fraction of sp³-hybridized carbons (Fsp3) is 0.280. The molecule has 0 aliphatic carbocycles. The van der Waals surface area contributed by atoms with E-state index in [-0.39, 0.29) is 18.7 Å². The summed E-state index contributed by atoms with van der Waals surface area (Å²) in [7, 11) is 0. The first-order valence-electron chi connectivity index (χ1n) is 11.3. The van der Waals surface area contributed by atoms with Crippen molar-refractivity contribution in [3.8, 4) is 0 Å². The van der Waals surface area contributed by atoms with Gasteiger partial charge in [-0.25, -0.2) is 0 Å². The minimum Gasteiger partial charge on any atom is -0.481 e. The Morgan fingerprint density at radius 1 is 1.11 bits per heavy atom. The van der Waals surface area contributed by atoms with Crippen molar-refractivity contribution in [2.75, 3.05) is 16.8 Å². The summed E-state index contributed by atoms with van der Waals surface area (Å²) in [4.78, 5) is 53.7. The van der Waals surface area contributed by atoms with Gasteiger partial charge in [-0.2, -0.15) is 0 Å². The average molecular weight is 497 g/mol. The molecule has 2 heterocycles. The third-order valence-electron chi connectivity index (χ3n) is 5.93. The molecule has 1 aliphatic heterocycles. The lowest BCUT2D eigenvalue weighted by Gasteiger charge is -2.27. The van der Waals surface area contributed by atoms with Gasteiger partial charge >= 0.3 is 5.97 Å². The van der Waals surface area contributed by atoms with Gasteiger partial charge in [0.05, 0.1) is 5.02 Å². The van der Waals surface area contributed by atoms with Crippen LogP contribution in [0.3, 0.4) is 0 Å². The number of carboxylic acid groups (broad SMARTS) is 1. The molecule has 1 aromatic heterocycles. The van der Waals surface area contributed by atoms with Crippen LogP contribution in [0.2, 0.25) is 5.02 Å². The lowest BCUT2D eigenvalue weighted by Crippen LogP contribution is -2.44. The van der Waals surface area contributed by atoms with Crippen LogP contribution in [-0.4, -0.2) is 46.4 Å². The topological polar surface area (TPSA) is 132 Å². The van der Waals surface area contributed by atoms with Crippen LogP contribution < -0.4 is 15.5 Å². The molecule has 0 spiro atoms. The SMILES string of the molecule is O=C(O)CC[C@H](NC(=O)c1ccc2c(Cl)c[nH]c2c1)C(=O)Nc1ccc(N2CCCCC2=O)cc1. The van der Waals surface area contributed by atoms with E-state index >= 15 is 0 Å². The first kappa shape index (κ1) is 24.3. The third-order valence-corrected chi connectivity index (χ3v) is 6.24. The van der Waals surface area contributed by atoms with Crippen molar-refractivity contribution in [2.24, 2.45) is 0 Å². The lowest BCUT2D eigenvalue weighted by molar-refractivity contribution is -0.137. The summed E-state index contributed by atoms with van der Waals surface area (Å²) >= 11 is 6.08. The maximum Gasteiger partial charge on any atom is 0.303 e. The van der Waals surface area contributed by atoms with Crippen molar-refractivity contribution in [1.29, 1.82) is 0 Å². The van der Waals surface area contributed by atoms with Gasteiger partial charge in [0, 0.05) is 53.4 Å². The maximum absolute atomic E-state index is 12.9. The minimum atomic E-state index is -1.07. The molecule has 1 atom stereocenters. The molecule has 9 nitrogen and oxygen atoms in total. The fourth-order valence-corrected chi connectivity index (χ4v) is 4.26. The first-order chi connectivity index (χ1) is 16.8. The molecule has 2 aromatic carbocycles. The second-order valence-electron chi connectivity index (χ2n) is 8.39. The number of halogens is 1. The predicted molar refractivity (Wildman–Crippen MR) is 133 cm³/mol. The Kier molecular flexibility index (Phi) is 7.36. The third kappa shape index (κ3) is 5.81. The largest absolute Gasteiger partial charge is 0.481 e. The number of fused-ring (bicyclic) bond motifs is 1. The summed E-state index contributed by atoms with van der Waals surface area (Å²) in [5, 5.41) is 15.7. The zero-order valence-corrected chi connectivity index (χ0v) is 19.6. The number of hydrogen-bond donors (Lipinski definition) is 4. The fourth-order valence-electron chi connectivity index (χ4n) is 4.04. The van der Waals surface area contributed by atoms with Crippen LogP contribution >= 0.6 is 11.6 Å². The van der Waals surface area contributed by atoms with Crippen molar-refractivity contribution in [3.63, 3.8) is 0 Å². The van der Waals surface area contributed by atoms with Crippen LogP contribution in [0.5, 0.6) is 0 Å². The predicted octanol–water partition coefficient (Wildman–Crippen LogP) is 3.94. The zero-order valence-electron chi connectivity index (χ0n) is 18.8. The maximum atomic E-state index is 12.9. The zero-order chi connectivity index (χ0) is 24.9. The van der Waals surface area contributed by atoms with Crippen molar-refractivity contribution < 1.29 is 24.3 Å². The van der Waals surface area contributed by atoms with E-state index in [2.05, 4.69) is 15.6 Å². The van der Waals surface area contributed by atoms with Crippen molar-refractivity contribution in [3.05, 3.63) is 59.2 Å². The van der Waals surface area contributed by atoms with E-state index in [1.807, 2.05) is 0 Å². The Bertz CT molecular complexity index is 1270. The van der Waals surface area contributed by atoms with E-state index in [0.29, 0.717) is 34.8 Å². The molecule has 182 valence electrons. The van der Waals surface area contributed by atoms with Crippen LogP contribution in [0.25, 0.3) is 10.9 Å². The number of rotatable bonds is 8. The van der Waals surface area contributed by atoms with Gasteiger partial charge < -0.3 is 25.6 Å². The molecule has 3 aromatic rings. The van der Waals surface area contributed by atoms with E-state index in [1.54, 1.807) is 53.6 Å². The molecule has 1 saturated heterocycles. The number of H-pyrrole nitrogens is 1. The Balaban J connectivity index is 1.45. The van der Waals surface area contributed by atoms with Crippen LogP contribution in [-0.2, 0) is 14.4 Å². The highest BCUT2D eigenvalue weighted by atomic mass is 35.5. The highest BCUT2D eigenvalue weighted by molar-refractivity contribution is 6.35. The number of nitrogens with one attached hydrogen (secondary N) is 3. The molecule has 0 radical (unpaired) electrons. The Morgan fingerprint density at radius 3 is 2.60 bits per heavy atom. The van der Waals surface area contributed by atoms with Crippen LogP contribution in [0, 0.1) is 0 Å². The number of aromatic amines is 1. The number of carbonyl (C=O) groups excluding carboxylic acids is 3. The number of amides is 3. The molecule has 1 fully saturated rings. The van der Waals surface area contributed by atoms with Crippen molar-refractivity contribution in [2.45, 2.75) is 38.1 Å². The normalized spacial score (nSPS) is 14.5. The van der Waals surface area contributed by atoms with Gasteiger partial charge in [0.2, 0.25) is 11.8 Å². The number of anilines is 2. The Hall–Kier alpha value is -3.85. The van der Waals surface area contributed by atoms with E-state index in [9.17, 15) is 19.2 Å². The molecule has 1 aliphatic rings. The lowest BCUT2D eigenvalue weighted by atomic mass is 10.1. The number of aliphatic carboxylic acids is 1. The first-order valence-corrected chi connectivity index (χ1v) is 11.7. The monoisotopic (exact) mass is 496 g/mol. The van der Waals surface area contributed by atoms with Gasteiger partial charge in [0.25, 0.3) is 5.91 Å². The van der Waals surface area contributed by atoms with Gasteiger partial charge in [0.1, 0.15) is 6.04 Å². The van der Waals surface area contributed by atoms with Gasteiger partial charge in [-0.15, -0.1) is 0 Å². The summed E-state index contributed by atoms with van der Waals surface area (Å²) in [6, 6.07) is 10.7. The van der Waals surface area contributed by atoms with Crippen LogP contribution in [0.4, 0.5) is 11.4 Å². The number of hydrogen-bond acceptors (Lipinski definition) is 4. The van der Waals surface area contributed by atoms with Gasteiger partial charge in [0.15, 0.2) is 0 Å². The van der Waals surface area contributed by atoms with Gasteiger partial charge in [-0.3, -0.25) is 19.2 Å². The molecule has 3 amide bonds. The van der Waals surface area contributed by atoms with E-state index in [0.717, 1.165) is 23.9 Å². The molecule has 0 saturated carbocycles. The van der Waals surface area contributed by atoms with Crippen molar-refractivity contribution >= 4 is 57.6 Å². The summed E-state index contributed by atoms with van der Waals surface area (Å²) in [6.45, 7) is 0.661. The van der Waals surface area contributed by atoms with E-state index in [4.69, 9.17) is 16.7 Å². The standard InChI is InChI=1S/C25H25ClN4O5/c26-19-14-27-21-13-15(4-9-18(19)21)24(34)29-20(10-11-23(32)33)25(35)28-16-5-7-17(8-6-16)30-12-2-1-3-22(30)31/h4-9,13-14,20,27H,1-3,10-12H2,(H,28,35)(H,29,34)(H,32,33)/t20-/m0/s1. The molecule has 10 heteroatoms. The van der Waals surface area contributed by atoms with E-state index < -0.39 is 23.8 Å². The molecule has 4 N–H and O–H groups in total. The highest BCUT2D eigenvalue weighted by Crippen LogP contribution is 2.24. The number of carbonyl (C=O) groups is 4. The molecule has 4 rings (SSSR count). The highest BCUT2D eigenvalue weighted by Gasteiger charge is 2.24. The summed E-state index contributed by atoms with van der Waals surface area (Å²) in [6.07, 6.45) is 3.60. The number of aromatic nitrogens is 1. The quantitative estimate of drug-likeness (QED) is 0.375. The van der Waals surface area contributed by atoms with E-state index in [1.165, 1.54) is 0 Å². The van der Waals surface area contributed by atoms with Crippen molar-refractivity contribution in [1.82, 2.24) is 10.3 Å². The number of carboxylic acids is 1. The van der Waals surface area contributed by atoms with Crippen LogP contribution in [0.15, 0.2) is 48.7 Å². The average Bonchev–Trinajstić information content (AvgIpc) is 3.22. The summed E-state index contributed by atoms with van der Waals surface area (Å²) in [5.41, 5.74) is 2.20.